The van der Waals surface area contributed by atoms with Gasteiger partial charge in [0.1, 0.15) is 17.3 Å². The van der Waals surface area contributed by atoms with Gasteiger partial charge < -0.3 is 20.4 Å². The maximum Gasteiger partial charge on any atom is 0.267 e. The zero-order chi connectivity index (χ0) is 23.9. The van der Waals surface area contributed by atoms with Crippen LogP contribution >= 0.6 is 11.6 Å². The van der Waals surface area contributed by atoms with E-state index < -0.39 is 11.8 Å². The first-order chi connectivity index (χ1) is 16.5. The number of imidazole rings is 1. The Morgan fingerprint density at radius 1 is 1.03 bits per heavy atom. The van der Waals surface area contributed by atoms with Crippen LogP contribution in [0.5, 0.6) is 5.75 Å². The van der Waals surface area contributed by atoms with E-state index in [4.69, 9.17) is 16.3 Å². The fourth-order valence-corrected chi connectivity index (χ4v) is 3.55. The maximum absolute atomic E-state index is 13.0. The SMILES string of the molecule is COc1ccccc1C(=O)NC(=Cc1ccc(Cl)cc1)C(=O)NCCc1nc2ccccc2[nH]1. The average molecular weight is 475 g/mol. The summed E-state index contributed by atoms with van der Waals surface area (Å²) in [5.41, 5.74) is 2.95. The van der Waals surface area contributed by atoms with E-state index in [-0.39, 0.29) is 5.70 Å². The lowest BCUT2D eigenvalue weighted by molar-refractivity contribution is -0.117. The van der Waals surface area contributed by atoms with E-state index in [2.05, 4.69) is 20.6 Å². The van der Waals surface area contributed by atoms with Crippen LogP contribution in [0, 0.1) is 0 Å². The number of carbonyl (C=O) groups excluding carboxylic acids is 2. The van der Waals surface area contributed by atoms with Gasteiger partial charge in [-0.1, -0.05) is 48.0 Å². The molecule has 0 bridgehead atoms. The number of hydrogen-bond donors (Lipinski definition) is 3. The molecule has 8 heteroatoms. The van der Waals surface area contributed by atoms with Crippen molar-refractivity contribution in [1.29, 1.82) is 0 Å². The second kappa shape index (κ2) is 10.7. The third kappa shape index (κ3) is 5.63. The first kappa shape index (κ1) is 23.1. The van der Waals surface area contributed by atoms with E-state index in [1.807, 2.05) is 24.3 Å². The minimum atomic E-state index is -0.454. The standard InChI is InChI=1S/C26H23ClN4O3/c1-34-23-9-5-2-6-19(23)25(32)31-22(16-17-10-12-18(27)13-11-17)26(33)28-15-14-24-29-20-7-3-4-8-21(20)30-24/h2-13,16H,14-15H2,1H3,(H,28,33)(H,29,30)(H,31,32). The van der Waals surface area contributed by atoms with Crippen LogP contribution in [0.3, 0.4) is 0 Å². The molecule has 7 nitrogen and oxygen atoms in total. The van der Waals surface area contributed by atoms with Crippen LogP contribution in [0.25, 0.3) is 17.1 Å². The predicted molar refractivity (Wildman–Crippen MR) is 133 cm³/mol. The van der Waals surface area contributed by atoms with Crippen molar-refractivity contribution in [2.45, 2.75) is 6.42 Å². The molecule has 3 N–H and O–H groups in total. The molecule has 0 radical (unpaired) electrons. The quantitative estimate of drug-likeness (QED) is 0.331. The van der Waals surface area contributed by atoms with Crippen molar-refractivity contribution in [2.75, 3.05) is 13.7 Å². The molecule has 0 unspecified atom stereocenters. The van der Waals surface area contributed by atoms with Crippen LogP contribution in [0.15, 0.2) is 78.5 Å². The highest BCUT2D eigenvalue weighted by Crippen LogP contribution is 2.18. The van der Waals surface area contributed by atoms with Crippen molar-refractivity contribution in [3.63, 3.8) is 0 Å². The lowest BCUT2D eigenvalue weighted by Crippen LogP contribution is -2.36. The monoisotopic (exact) mass is 474 g/mol. The molecule has 2 amide bonds. The Kier molecular flexibility index (Phi) is 7.25. The molecular weight excluding hydrogens is 452 g/mol. The highest BCUT2D eigenvalue weighted by atomic mass is 35.5. The number of hydrogen-bond acceptors (Lipinski definition) is 4. The zero-order valence-corrected chi connectivity index (χ0v) is 19.2. The summed E-state index contributed by atoms with van der Waals surface area (Å²) >= 11 is 5.97. The Morgan fingerprint density at radius 2 is 1.76 bits per heavy atom. The van der Waals surface area contributed by atoms with Gasteiger partial charge in [0.25, 0.3) is 11.8 Å². The lowest BCUT2D eigenvalue weighted by Gasteiger charge is -2.13. The van der Waals surface area contributed by atoms with Crippen molar-refractivity contribution in [3.8, 4) is 5.75 Å². The summed E-state index contributed by atoms with van der Waals surface area (Å²) in [6.07, 6.45) is 2.11. The van der Waals surface area contributed by atoms with Gasteiger partial charge in [-0.05, 0) is 48.0 Å². The molecule has 34 heavy (non-hydrogen) atoms. The second-order valence-corrected chi connectivity index (χ2v) is 7.91. The van der Waals surface area contributed by atoms with E-state index in [0.29, 0.717) is 34.9 Å². The summed E-state index contributed by atoms with van der Waals surface area (Å²) in [6, 6.07) is 21.5. The smallest absolute Gasteiger partial charge is 0.267 e. The van der Waals surface area contributed by atoms with Gasteiger partial charge >= 0.3 is 0 Å². The van der Waals surface area contributed by atoms with Crippen LogP contribution in [0.1, 0.15) is 21.7 Å². The minimum Gasteiger partial charge on any atom is -0.496 e. The normalized spacial score (nSPS) is 11.3. The Balaban J connectivity index is 1.50. The third-order valence-electron chi connectivity index (χ3n) is 5.11. The number of rotatable bonds is 8. The predicted octanol–water partition coefficient (Wildman–Crippen LogP) is 4.35. The third-order valence-corrected chi connectivity index (χ3v) is 5.36. The highest BCUT2D eigenvalue weighted by molar-refractivity contribution is 6.30. The topological polar surface area (TPSA) is 96.1 Å². The molecule has 0 spiro atoms. The van der Waals surface area contributed by atoms with Crippen molar-refractivity contribution in [2.24, 2.45) is 0 Å². The molecule has 1 heterocycles. The van der Waals surface area contributed by atoms with Crippen molar-refractivity contribution >= 4 is 40.5 Å². The van der Waals surface area contributed by atoms with Crippen LogP contribution < -0.4 is 15.4 Å². The number of ether oxygens (including phenoxy) is 1. The summed E-state index contributed by atoms with van der Waals surface area (Å²) in [4.78, 5) is 33.7. The Hall–Kier alpha value is -4.10. The molecule has 1 aromatic heterocycles. The average Bonchev–Trinajstić information content (AvgIpc) is 3.27. The number of halogens is 1. The van der Waals surface area contributed by atoms with Crippen molar-refractivity contribution in [3.05, 3.63) is 100 Å². The number of carbonyl (C=O) groups is 2. The van der Waals surface area contributed by atoms with E-state index in [0.717, 1.165) is 16.9 Å². The molecule has 0 saturated heterocycles. The molecule has 0 atom stereocenters. The number of para-hydroxylation sites is 3. The van der Waals surface area contributed by atoms with Gasteiger partial charge in [-0.3, -0.25) is 9.59 Å². The highest BCUT2D eigenvalue weighted by Gasteiger charge is 2.17. The summed E-state index contributed by atoms with van der Waals surface area (Å²) in [5.74, 6) is 0.304. The van der Waals surface area contributed by atoms with Gasteiger partial charge in [0.05, 0.1) is 23.7 Å². The van der Waals surface area contributed by atoms with Gasteiger partial charge in [0, 0.05) is 18.0 Å². The molecule has 0 aliphatic rings. The summed E-state index contributed by atoms with van der Waals surface area (Å²) in [6.45, 7) is 0.334. The molecule has 4 rings (SSSR count). The number of nitrogens with zero attached hydrogens (tertiary/aromatic N) is 1. The molecule has 0 fully saturated rings. The van der Waals surface area contributed by atoms with E-state index in [1.165, 1.54) is 7.11 Å². The van der Waals surface area contributed by atoms with Crippen LogP contribution in [0.4, 0.5) is 0 Å². The first-order valence-corrected chi connectivity index (χ1v) is 11.0. The molecule has 3 aromatic carbocycles. The first-order valence-electron chi connectivity index (χ1n) is 10.7. The molecule has 0 aliphatic carbocycles. The van der Waals surface area contributed by atoms with Gasteiger partial charge in [-0.15, -0.1) is 0 Å². The Morgan fingerprint density at radius 3 is 2.53 bits per heavy atom. The van der Waals surface area contributed by atoms with Crippen molar-refractivity contribution < 1.29 is 14.3 Å². The van der Waals surface area contributed by atoms with Gasteiger partial charge in [0.15, 0.2) is 0 Å². The fourth-order valence-electron chi connectivity index (χ4n) is 3.42. The van der Waals surface area contributed by atoms with E-state index in [1.54, 1.807) is 54.6 Å². The number of aromatic nitrogens is 2. The second-order valence-electron chi connectivity index (χ2n) is 7.47. The number of fused-ring (bicyclic) bond motifs is 1. The number of H-pyrrole nitrogens is 1. The summed E-state index contributed by atoms with van der Waals surface area (Å²) < 4.78 is 5.27. The number of nitrogens with one attached hydrogen (secondary N) is 3. The largest absolute Gasteiger partial charge is 0.496 e. The number of methoxy groups -OCH3 is 1. The van der Waals surface area contributed by atoms with Gasteiger partial charge in [-0.25, -0.2) is 4.98 Å². The van der Waals surface area contributed by atoms with Gasteiger partial charge in [0.2, 0.25) is 0 Å². The van der Waals surface area contributed by atoms with Crippen LogP contribution in [0.2, 0.25) is 5.02 Å². The Bertz CT molecular complexity index is 1310. The number of aromatic amines is 1. The number of benzene rings is 3. The zero-order valence-electron chi connectivity index (χ0n) is 18.5. The molecule has 172 valence electrons. The molecule has 0 saturated carbocycles. The van der Waals surface area contributed by atoms with Crippen molar-refractivity contribution in [1.82, 2.24) is 20.6 Å². The van der Waals surface area contributed by atoms with E-state index in [9.17, 15) is 9.59 Å². The Labute approximate surface area is 201 Å². The van der Waals surface area contributed by atoms with Crippen LogP contribution in [-0.4, -0.2) is 35.4 Å². The molecule has 0 aliphatic heterocycles. The van der Waals surface area contributed by atoms with E-state index >= 15 is 0 Å². The summed E-state index contributed by atoms with van der Waals surface area (Å²) in [5, 5.41) is 6.14. The molecular formula is C26H23ClN4O3. The van der Waals surface area contributed by atoms with Gasteiger partial charge in [-0.2, -0.15) is 0 Å². The molecule has 4 aromatic rings. The minimum absolute atomic E-state index is 0.0998. The summed E-state index contributed by atoms with van der Waals surface area (Å²) in [7, 11) is 1.49. The number of amides is 2. The lowest BCUT2D eigenvalue weighted by atomic mass is 10.1. The maximum atomic E-state index is 13.0. The van der Waals surface area contributed by atoms with Crippen LogP contribution in [-0.2, 0) is 11.2 Å². The fraction of sp³-hybridized carbons (Fsp3) is 0.115.